The van der Waals surface area contributed by atoms with Gasteiger partial charge in [-0.15, -0.1) is 0 Å². The molecule has 1 N–H and O–H groups in total. The van der Waals surface area contributed by atoms with Crippen molar-refractivity contribution in [2.45, 2.75) is 32.2 Å². The standard InChI is InChI=1S/C15H25FN2/c1-4-5-11-18(3)12-10-15(17-2)13-6-8-14(16)9-7-13/h6-9,15,17H,4-5,10-12H2,1-3H3. The fourth-order valence-electron chi connectivity index (χ4n) is 2.06. The molecule has 0 fully saturated rings. The van der Waals surface area contributed by atoms with Gasteiger partial charge in [0, 0.05) is 6.04 Å². The van der Waals surface area contributed by atoms with Crippen LogP contribution in [0.3, 0.4) is 0 Å². The maximum atomic E-state index is 12.9. The molecule has 0 bridgehead atoms. The summed E-state index contributed by atoms with van der Waals surface area (Å²) in [6, 6.07) is 7.08. The highest BCUT2D eigenvalue weighted by Gasteiger charge is 2.10. The fourth-order valence-corrected chi connectivity index (χ4v) is 2.06. The second-order valence-corrected chi connectivity index (χ2v) is 4.84. The average molecular weight is 252 g/mol. The Labute approximate surface area is 110 Å². The molecule has 0 saturated carbocycles. The van der Waals surface area contributed by atoms with Gasteiger partial charge in [-0.1, -0.05) is 25.5 Å². The number of halogens is 1. The van der Waals surface area contributed by atoms with E-state index in [-0.39, 0.29) is 5.82 Å². The Morgan fingerprint density at radius 1 is 1.22 bits per heavy atom. The van der Waals surface area contributed by atoms with Crippen LogP contribution in [0.5, 0.6) is 0 Å². The molecule has 0 radical (unpaired) electrons. The number of benzene rings is 1. The van der Waals surface area contributed by atoms with Gasteiger partial charge in [0.05, 0.1) is 0 Å². The highest BCUT2D eigenvalue weighted by atomic mass is 19.1. The summed E-state index contributed by atoms with van der Waals surface area (Å²) in [6.45, 7) is 4.42. The Hall–Kier alpha value is -0.930. The van der Waals surface area contributed by atoms with Crippen molar-refractivity contribution in [1.82, 2.24) is 10.2 Å². The van der Waals surface area contributed by atoms with Crippen LogP contribution in [0.15, 0.2) is 24.3 Å². The molecular formula is C15H25FN2. The van der Waals surface area contributed by atoms with Gasteiger partial charge in [0.1, 0.15) is 5.82 Å². The Morgan fingerprint density at radius 2 is 1.89 bits per heavy atom. The molecule has 1 atom stereocenters. The van der Waals surface area contributed by atoms with Crippen LogP contribution in [0.4, 0.5) is 4.39 Å². The third-order valence-electron chi connectivity index (χ3n) is 3.31. The van der Waals surface area contributed by atoms with E-state index in [1.54, 1.807) is 0 Å². The molecule has 1 rings (SSSR count). The molecule has 1 aromatic rings. The van der Waals surface area contributed by atoms with Gasteiger partial charge in [0.2, 0.25) is 0 Å². The third-order valence-corrected chi connectivity index (χ3v) is 3.31. The number of hydrogen-bond donors (Lipinski definition) is 1. The molecular weight excluding hydrogens is 227 g/mol. The largest absolute Gasteiger partial charge is 0.313 e. The topological polar surface area (TPSA) is 15.3 Å². The highest BCUT2D eigenvalue weighted by Crippen LogP contribution is 2.17. The van der Waals surface area contributed by atoms with Crippen molar-refractivity contribution in [3.05, 3.63) is 35.6 Å². The van der Waals surface area contributed by atoms with Crippen molar-refractivity contribution in [2.75, 3.05) is 27.2 Å². The minimum absolute atomic E-state index is 0.173. The van der Waals surface area contributed by atoms with E-state index >= 15 is 0 Å². The summed E-state index contributed by atoms with van der Waals surface area (Å²) >= 11 is 0. The Balaban J connectivity index is 2.44. The summed E-state index contributed by atoms with van der Waals surface area (Å²) in [7, 11) is 4.12. The second-order valence-electron chi connectivity index (χ2n) is 4.84. The number of hydrogen-bond acceptors (Lipinski definition) is 2. The van der Waals surface area contributed by atoms with Crippen molar-refractivity contribution < 1.29 is 4.39 Å². The molecule has 0 aromatic heterocycles. The number of nitrogens with zero attached hydrogens (tertiary/aromatic N) is 1. The van der Waals surface area contributed by atoms with Crippen molar-refractivity contribution in [3.63, 3.8) is 0 Å². The van der Waals surface area contributed by atoms with Crippen LogP contribution in [0.1, 0.15) is 37.8 Å². The normalized spacial score (nSPS) is 12.9. The van der Waals surface area contributed by atoms with E-state index in [2.05, 4.69) is 24.2 Å². The number of unbranched alkanes of at least 4 members (excludes halogenated alkanes) is 1. The molecule has 0 heterocycles. The lowest BCUT2D eigenvalue weighted by Gasteiger charge is -2.21. The van der Waals surface area contributed by atoms with Crippen LogP contribution in [-0.4, -0.2) is 32.1 Å². The minimum atomic E-state index is -0.173. The first-order chi connectivity index (χ1) is 8.67. The molecule has 0 saturated heterocycles. The maximum absolute atomic E-state index is 12.9. The summed E-state index contributed by atoms with van der Waals surface area (Å²) < 4.78 is 12.9. The number of rotatable bonds is 8. The first-order valence-electron chi connectivity index (χ1n) is 6.78. The summed E-state index contributed by atoms with van der Waals surface area (Å²) in [5.74, 6) is -0.173. The Kier molecular flexibility index (Phi) is 6.91. The SMILES string of the molecule is CCCCN(C)CCC(NC)c1ccc(F)cc1. The zero-order valence-corrected chi connectivity index (χ0v) is 11.7. The van der Waals surface area contributed by atoms with Crippen LogP contribution in [-0.2, 0) is 0 Å². The van der Waals surface area contributed by atoms with Gasteiger partial charge in [0.25, 0.3) is 0 Å². The van der Waals surface area contributed by atoms with Gasteiger partial charge >= 0.3 is 0 Å². The molecule has 18 heavy (non-hydrogen) atoms. The van der Waals surface area contributed by atoms with Crippen molar-refractivity contribution in [2.24, 2.45) is 0 Å². The van der Waals surface area contributed by atoms with Gasteiger partial charge in [-0.25, -0.2) is 4.39 Å². The lowest BCUT2D eigenvalue weighted by molar-refractivity contribution is 0.306. The van der Waals surface area contributed by atoms with Gasteiger partial charge in [-0.05, 0) is 57.7 Å². The minimum Gasteiger partial charge on any atom is -0.313 e. The van der Waals surface area contributed by atoms with E-state index in [1.807, 2.05) is 19.2 Å². The Bertz CT molecular complexity index is 324. The average Bonchev–Trinajstić information content (AvgIpc) is 2.39. The molecule has 0 amide bonds. The van der Waals surface area contributed by atoms with E-state index in [0.717, 1.165) is 25.1 Å². The predicted octanol–water partition coefficient (Wildman–Crippen LogP) is 3.21. The van der Waals surface area contributed by atoms with E-state index in [4.69, 9.17) is 0 Å². The lowest BCUT2D eigenvalue weighted by Crippen LogP contribution is -2.26. The van der Waals surface area contributed by atoms with Crippen molar-refractivity contribution in [3.8, 4) is 0 Å². The van der Waals surface area contributed by atoms with Crippen LogP contribution in [0.2, 0.25) is 0 Å². The summed E-state index contributed by atoms with van der Waals surface area (Å²) in [4.78, 5) is 2.36. The molecule has 2 nitrogen and oxygen atoms in total. The van der Waals surface area contributed by atoms with E-state index in [1.165, 1.54) is 25.0 Å². The van der Waals surface area contributed by atoms with Crippen LogP contribution < -0.4 is 5.32 Å². The zero-order chi connectivity index (χ0) is 13.4. The Morgan fingerprint density at radius 3 is 2.44 bits per heavy atom. The molecule has 3 heteroatoms. The molecule has 0 spiro atoms. The zero-order valence-electron chi connectivity index (χ0n) is 11.7. The van der Waals surface area contributed by atoms with E-state index in [0.29, 0.717) is 6.04 Å². The van der Waals surface area contributed by atoms with E-state index < -0.39 is 0 Å². The van der Waals surface area contributed by atoms with E-state index in [9.17, 15) is 4.39 Å². The summed E-state index contributed by atoms with van der Waals surface area (Å²) in [5, 5.41) is 3.30. The monoisotopic (exact) mass is 252 g/mol. The van der Waals surface area contributed by atoms with Crippen molar-refractivity contribution >= 4 is 0 Å². The molecule has 1 aromatic carbocycles. The third kappa shape index (κ3) is 5.15. The van der Waals surface area contributed by atoms with Crippen LogP contribution in [0.25, 0.3) is 0 Å². The molecule has 0 aliphatic heterocycles. The first kappa shape index (κ1) is 15.1. The van der Waals surface area contributed by atoms with Gasteiger partial charge in [-0.3, -0.25) is 0 Å². The van der Waals surface area contributed by atoms with Crippen LogP contribution in [0, 0.1) is 5.82 Å². The number of nitrogens with one attached hydrogen (secondary N) is 1. The molecule has 1 unspecified atom stereocenters. The van der Waals surface area contributed by atoms with Gasteiger partial charge < -0.3 is 10.2 Å². The summed E-state index contributed by atoms with van der Waals surface area (Å²) in [6.07, 6.45) is 3.53. The lowest BCUT2D eigenvalue weighted by atomic mass is 10.0. The quantitative estimate of drug-likeness (QED) is 0.764. The van der Waals surface area contributed by atoms with Crippen LogP contribution >= 0.6 is 0 Å². The molecule has 102 valence electrons. The highest BCUT2D eigenvalue weighted by molar-refractivity contribution is 5.19. The summed E-state index contributed by atoms with van der Waals surface area (Å²) in [5.41, 5.74) is 1.16. The second kappa shape index (κ2) is 8.22. The van der Waals surface area contributed by atoms with Gasteiger partial charge in [0.15, 0.2) is 0 Å². The predicted molar refractivity (Wildman–Crippen MR) is 75.2 cm³/mol. The van der Waals surface area contributed by atoms with Crippen molar-refractivity contribution in [1.29, 1.82) is 0 Å². The van der Waals surface area contributed by atoms with Gasteiger partial charge in [-0.2, -0.15) is 0 Å². The maximum Gasteiger partial charge on any atom is 0.123 e. The molecule has 0 aliphatic rings. The first-order valence-corrected chi connectivity index (χ1v) is 6.78. The fraction of sp³-hybridized carbons (Fsp3) is 0.600. The smallest absolute Gasteiger partial charge is 0.123 e. The molecule has 0 aliphatic carbocycles.